The second kappa shape index (κ2) is 4.96. The van der Waals surface area contributed by atoms with Gasteiger partial charge in [-0.1, -0.05) is 6.07 Å². The third kappa shape index (κ3) is 3.04. The molecule has 0 spiro atoms. The standard InChI is InChI=1S/C11H6F4N2O4/c12-7-8(18)16-10(20)17(9(7)19)5-2-1-3-6(4-5)21-11(13,14)15/h1-4,19H,(H,16,18,20). The largest absolute Gasteiger partial charge is 0.573 e. The molecule has 0 amide bonds. The van der Waals surface area contributed by atoms with Crippen LogP contribution < -0.4 is 16.0 Å². The maximum absolute atomic E-state index is 13.3. The van der Waals surface area contributed by atoms with Gasteiger partial charge in [0.15, 0.2) is 0 Å². The minimum atomic E-state index is -4.96. The Balaban J connectivity index is 2.59. The smallest absolute Gasteiger partial charge is 0.492 e. The molecule has 1 aromatic heterocycles. The Hall–Kier alpha value is -2.78. The summed E-state index contributed by atoms with van der Waals surface area (Å²) < 4.78 is 53.5. The molecule has 0 aliphatic carbocycles. The summed E-state index contributed by atoms with van der Waals surface area (Å²) in [6, 6.07) is 3.89. The highest BCUT2D eigenvalue weighted by molar-refractivity contribution is 5.41. The lowest BCUT2D eigenvalue weighted by molar-refractivity contribution is -0.274. The molecule has 0 atom stereocenters. The molecule has 1 aromatic carbocycles. The molecule has 0 fully saturated rings. The van der Waals surface area contributed by atoms with E-state index < -0.39 is 35.1 Å². The van der Waals surface area contributed by atoms with Gasteiger partial charge in [-0.05, 0) is 12.1 Å². The molecular weight excluding hydrogens is 300 g/mol. The first-order valence-corrected chi connectivity index (χ1v) is 5.29. The van der Waals surface area contributed by atoms with Crippen LogP contribution in [0.5, 0.6) is 11.6 Å². The number of H-pyrrole nitrogens is 1. The van der Waals surface area contributed by atoms with Crippen molar-refractivity contribution < 1.29 is 27.4 Å². The van der Waals surface area contributed by atoms with Crippen molar-refractivity contribution in [1.82, 2.24) is 9.55 Å². The van der Waals surface area contributed by atoms with Gasteiger partial charge in [-0.3, -0.25) is 9.78 Å². The fourth-order valence-corrected chi connectivity index (χ4v) is 1.56. The number of aromatic nitrogens is 2. The molecule has 0 unspecified atom stereocenters. The van der Waals surface area contributed by atoms with Crippen LogP contribution in [0.4, 0.5) is 17.6 Å². The average Bonchev–Trinajstić information content (AvgIpc) is 2.34. The van der Waals surface area contributed by atoms with Crippen molar-refractivity contribution in [2.45, 2.75) is 6.36 Å². The number of aromatic hydroxyl groups is 1. The predicted molar refractivity (Wildman–Crippen MR) is 61.0 cm³/mol. The predicted octanol–water partition coefficient (Wildman–Crippen LogP) is 1.27. The van der Waals surface area contributed by atoms with Crippen molar-refractivity contribution in [3.8, 4) is 17.3 Å². The third-order valence-electron chi connectivity index (χ3n) is 2.34. The van der Waals surface area contributed by atoms with E-state index in [1.165, 1.54) is 0 Å². The van der Waals surface area contributed by atoms with Crippen LogP contribution in [-0.4, -0.2) is 21.0 Å². The van der Waals surface area contributed by atoms with E-state index in [1.807, 2.05) is 0 Å². The van der Waals surface area contributed by atoms with Crippen LogP contribution in [0.25, 0.3) is 5.69 Å². The van der Waals surface area contributed by atoms with Gasteiger partial charge in [0.1, 0.15) is 5.75 Å². The van der Waals surface area contributed by atoms with Gasteiger partial charge in [0.05, 0.1) is 5.69 Å². The maximum atomic E-state index is 13.3. The highest BCUT2D eigenvalue weighted by atomic mass is 19.4. The zero-order valence-electron chi connectivity index (χ0n) is 9.94. The zero-order chi connectivity index (χ0) is 15.8. The van der Waals surface area contributed by atoms with Gasteiger partial charge < -0.3 is 9.84 Å². The number of alkyl halides is 3. The van der Waals surface area contributed by atoms with Gasteiger partial charge in [-0.2, -0.15) is 4.39 Å². The number of rotatable bonds is 2. The molecule has 0 radical (unpaired) electrons. The molecule has 2 N–H and O–H groups in total. The lowest BCUT2D eigenvalue weighted by atomic mass is 10.3. The number of benzene rings is 1. The Bertz CT molecular complexity index is 794. The highest BCUT2D eigenvalue weighted by Crippen LogP contribution is 2.25. The second-order valence-corrected chi connectivity index (χ2v) is 3.78. The minimum absolute atomic E-state index is 0.292. The van der Waals surface area contributed by atoms with Crippen molar-refractivity contribution >= 4 is 0 Å². The Morgan fingerprint density at radius 3 is 2.52 bits per heavy atom. The number of nitrogens with one attached hydrogen (secondary N) is 1. The molecule has 6 nitrogen and oxygen atoms in total. The second-order valence-electron chi connectivity index (χ2n) is 3.78. The Morgan fingerprint density at radius 1 is 1.24 bits per heavy atom. The van der Waals surface area contributed by atoms with E-state index in [2.05, 4.69) is 4.74 Å². The summed E-state index contributed by atoms with van der Waals surface area (Å²) in [7, 11) is 0. The van der Waals surface area contributed by atoms with Crippen molar-refractivity contribution in [2.24, 2.45) is 0 Å². The number of ether oxygens (including phenoxy) is 1. The van der Waals surface area contributed by atoms with Crippen LogP contribution in [0.15, 0.2) is 33.9 Å². The van der Waals surface area contributed by atoms with Crippen LogP contribution in [0.1, 0.15) is 0 Å². The van der Waals surface area contributed by atoms with Crippen molar-refractivity contribution in [3.05, 3.63) is 50.9 Å². The molecule has 2 rings (SSSR count). The van der Waals surface area contributed by atoms with E-state index in [9.17, 15) is 32.3 Å². The molecule has 2 aromatic rings. The number of nitrogens with zero attached hydrogens (tertiary/aromatic N) is 1. The fourth-order valence-electron chi connectivity index (χ4n) is 1.56. The van der Waals surface area contributed by atoms with Gasteiger partial charge in [0.2, 0.25) is 11.7 Å². The molecule has 112 valence electrons. The number of halogens is 4. The number of hydrogen-bond acceptors (Lipinski definition) is 4. The zero-order valence-corrected chi connectivity index (χ0v) is 9.94. The van der Waals surface area contributed by atoms with Crippen LogP contribution in [0, 0.1) is 5.82 Å². The fraction of sp³-hybridized carbons (Fsp3) is 0.0909. The van der Waals surface area contributed by atoms with Crippen LogP contribution in [-0.2, 0) is 0 Å². The summed E-state index contributed by atoms with van der Waals surface area (Å²) in [6.07, 6.45) is -4.96. The molecule has 0 bridgehead atoms. The van der Waals surface area contributed by atoms with E-state index in [0.29, 0.717) is 4.57 Å². The van der Waals surface area contributed by atoms with E-state index in [0.717, 1.165) is 24.3 Å². The average molecular weight is 306 g/mol. The lowest BCUT2D eigenvalue weighted by Gasteiger charge is -2.11. The Labute approximate surface area is 112 Å². The van der Waals surface area contributed by atoms with Crippen LogP contribution in [0.3, 0.4) is 0 Å². The Morgan fingerprint density at radius 2 is 1.90 bits per heavy atom. The Kier molecular flexibility index (Phi) is 3.45. The van der Waals surface area contributed by atoms with Crippen LogP contribution in [0.2, 0.25) is 0 Å². The first-order valence-electron chi connectivity index (χ1n) is 5.29. The summed E-state index contributed by atoms with van der Waals surface area (Å²) >= 11 is 0. The summed E-state index contributed by atoms with van der Waals surface area (Å²) in [5, 5.41) is 9.44. The molecule has 10 heteroatoms. The third-order valence-corrected chi connectivity index (χ3v) is 2.34. The maximum Gasteiger partial charge on any atom is 0.573 e. The SMILES string of the molecule is O=c1[nH]c(=O)n(-c2cccc(OC(F)(F)F)c2)c(O)c1F. The first kappa shape index (κ1) is 14.6. The van der Waals surface area contributed by atoms with E-state index >= 15 is 0 Å². The normalized spacial score (nSPS) is 11.4. The molecular formula is C11H6F4N2O4. The van der Waals surface area contributed by atoms with Gasteiger partial charge in [0, 0.05) is 6.07 Å². The highest BCUT2D eigenvalue weighted by Gasteiger charge is 2.31. The van der Waals surface area contributed by atoms with Crippen molar-refractivity contribution in [3.63, 3.8) is 0 Å². The molecule has 21 heavy (non-hydrogen) atoms. The van der Waals surface area contributed by atoms with Crippen LogP contribution >= 0.6 is 0 Å². The molecule has 1 heterocycles. The quantitative estimate of drug-likeness (QED) is 0.818. The molecule has 0 saturated heterocycles. The molecule has 0 saturated carbocycles. The van der Waals surface area contributed by atoms with Gasteiger partial charge >= 0.3 is 12.1 Å². The van der Waals surface area contributed by atoms with Crippen molar-refractivity contribution in [2.75, 3.05) is 0 Å². The summed E-state index contributed by atoms with van der Waals surface area (Å²) in [5.74, 6) is -3.65. The molecule has 0 aliphatic rings. The lowest BCUT2D eigenvalue weighted by Crippen LogP contribution is -2.31. The topological polar surface area (TPSA) is 84.3 Å². The number of hydrogen-bond donors (Lipinski definition) is 2. The van der Waals surface area contributed by atoms with Gasteiger partial charge in [0.25, 0.3) is 5.56 Å². The van der Waals surface area contributed by atoms with Crippen molar-refractivity contribution in [1.29, 1.82) is 0 Å². The monoisotopic (exact) mass is 306 g/mol. The molecule has 0 aliphatic heterocycles. The summed E-state index contributed by atoms with van der Waals surface area (Å²) in [6.45, 7) is 0. The van der Waals surface area contributed by atoms with E-state index in [4.69, 9.17) is 0 Å². The summed E-state index contributed by atoms with van der Waals surface area (Å²) in [4.78, 5) is 24.0. The minimum Gasteiger partial charge on any atom is -0.492 e. The first-order chi connectivity index (χ1) is 9.69. The van der Waals surface area contributed by atoms with Gasteiger partial charge in [-0.15, -0.1) is 13.2 Å². The summed E-state index contributed by atoms with van der Waals surface area (Å²) in [5.41, 5.74) is -2.99. The number of aromatic amines is 1. The van der Waals surface area contributed by atoms with Gasteiger partial charge in [-0.25, -0.2) is 9.36 Å². The van der Waals surface area contributed by atoms with E-state index in [-0.39, 0.29) is 5.69 Å². The van der Waals surface area contributed by atoms with E-state index in [1.54, 1.807) is 4.98 Å².